The van der Waals surface area contributed by atoms with Gasteiger partial charge in [0.05, 0.1) is 46.3 Å². The van der Waals surface area contributed by atoms with Crippen molar-refractivity contribution >= 4 is 29.3 Å². The van der Waals surface area contributed by atoms with Gasteiger partial charge in [-0.3, -0.25) is 9.69 Å². The maximum atomic E-state index is 13.5. The lowest BCUT2D eigenvalue weighted by atomic mass is 9.63. The third kappa shape index (κ3) is 2.21. The van der Waals surface area contributed by atoms with Crippen molar-refractivity contribution in [1.29, 1.82) is 5.26 Å². The van der Waals surface area contributed by atoms with E-state index in [1.54, 1.807) is 30.1 Å². The third-order valence-electron chi connectivity index (χ3n) is 7.13. The van der Waals surface area contributed by atoms with E-state index in [2.05, 4.69) is 0 Å². The average molecular weight is 418 g/mol. The number of ether oxygens (including phenoxy) is 2. The lowest BCUT2D eigenvalue weighted by Gasteiger charge is -2.47. The van der Waals surface area contributed by atoms with E-state index in [0.29, 0.717) is 30.7 Å². The number of halogens is 1. The van der Waals surface area contributed by atoms with Crippen molar-refractivity contribution < 1.29 is 24.2 Å². The van der Waals surface area contributed by atoms with Crippen LogP contribution in [0.25, 0.3) is 0 Å². The Labute approximate surface area is 172 Å². The summed E-state index contributed by atoms with van der Waals surface area (Å²) in [5, 5.41) is 19.0. The fourth-order valence-corrected chi connectivity index (χ4v) is 6.24. The van der Waals surface area contributed by atoms with Crippen LogP contribution in [0.4, 0.5) is 10.5 Å². The van der Waals surface area contributed by atoms with E-state index in [1.807, 2.05) is 13.0 Å². The molecular formula is C20H20ClN3O5. The van der Waals surface area contributed by atoms with Crippen molar-refractivity contribution in [3.63, 3.8) is 0 Å². The van der Waals surface area contributed by atoms with Crippen molar-refractivity contribution in [2.45, 2.75) is 43.2 Å². The normalized spacial score (nSPS) is 39.4. The monoisotopic (exact) mass is 417 g/mol. The number of hydrogen-bond acceptors (Lipinski definition) is 5. The smallest absolute Gasteiger partial charge is 0.407 e. The summed E-state index contributed by atoms with van der Waals surface area (Å²) in [6.45, 7) is 2.26. The molecular weight excluding hydrogens is 398 g/mol. The second-order valence-corrected chi connectivity index (χ2v) is 8.89. The summed E-state index contributed by atoms with van der Waals surface area (Å²) in [4.78, 5) is 28.1. The molecule has 8 nitrogen and oxygen atoms in total. The number of hydrogen-bond donors (Lipinski definition) is 1. The number of rotatable bonds is 2. The van der Waals surface area contributed by atoms with Gasteiger partial charge in [-0.15, -0.1) is 0 Å². The highest BCUT2D eigenvalue weighted by atomic mass is 35.5. The standard InChI is InChI=1S/C20H20ClN3O5/c1-19-8-13(23(2)18(26)27)20(29-19)5-6-28-17-15(20)14(19)16(25)24(17)11-4-3-10(9-22)12(21)7-11/h3-4,7,13-15,17H,5-6,8H2,1-2H3,(H,26,27)/t13-,14-,15+,17+,19-,20?/m1/s1. The number of carbonyl (C=O) groups is 2. The van der Waals surface area contributed by atoms with Crippen LogP contribution in [0, 0.1) is 23.2 Å². The minimum atomic E-state index is -1.01. The van der Waals surface area contributed by atoms with E-state index >= 15 is 0 Å². The molecule has 1 aromatic rings. The first kappa shape index (κ1) is 18.7. The van der Waals surface area contributed by atoms with Crippen molar-refractivity contribution in [3.05, 3.63) is 28.8 Å². The number of amides is 2. The van der Waals surface area contributed by atoms with Crippen LogP contribution in [0.5, 0.6) is 0 Å². The molecule has 4 aliphatic rings. The van der Waals surface area contributed by atoms with Gasteiger partial charge in [-0.2, -0.15) is 5.26 Å². The van der Waals surface area contributed by atoms with Crippen LogP contribution < -0.4 is 4.90 Å². The number of likely N-dealkylation sites (N-methyl/N-ethyl adjacent to an activating group) is 1. The van der Waals surface area contributed by atoms with E-state index < -0.39 is 29.4 Å². The van der Waals surface area contributed by atoms with Crippen LogP contribution >= 0.6 is 11.6 Å². The van der Waals surface area contributed by atoms with Crippen LogP contribution in [0.3, 0.4) is 0 Å². The van der Waals surface area contributed by atoms with Crippen molar-refractivity contribution in [2.75, 3.05) is 18.6 Å². The number of fused-ring (bicyclic) bond motifs is 2. The quantitative estimate of drug-likeness (QED) is 0.792. The molecule has 0 aliphatic carbocycles. The van der Waals surface area contributed by atoms with Crippen LogP contribution in [0.2, 0.25) is 5.02 Å². The molecule has 1 aromatic carbocycles. The molecule has 0 saturated carbocycles. The molecule has 4 aliphatic heterocycles. The Kier molecular flexibility index (Phi) is 3.77. The highest BCUT2D eigenvalue weighted by molar-refractivity contribution is 6.32. The Morgan fingerprint density at radius 1 is 1.48 bits per heavy atom. The van der Waals surface area contributed by atoms with Gasteiger partial charge in [0.2, 0.25) is 5.91 Å². The first-order valence-corrected chi connectivity index (χ1v) is 9.91. The Bertz CT molecular complexity index is 979. The van der Waals surface area contributed by atoms with Gasteiger partial charge in [-0.25, -0.2) is 4.79 Å². The topological polar surface area (TPSA) is 103 Å². The molecule has 4 heterocycles. The van der Waals surface area contributed by atoms with Gasteiger partial charge in [0.15, 0.2) is 0 Å². The first-order valence-electron chi connectivity index (χ1n) is 9.54. The first-order chi connectivity index (χ1) is 13.7. The van der Waals surface area contributed by atoms with E-state index in [4.69, 9.17) is 26.3 Å². The van der Waals surface area contributed by atoms with Crippen LogP contribution in [-0.4, -0.2) is 59.1 Å². The second kappa shape index (κ2) is 5.85. The number of nitrogens with zero attached hydrogens (tertiary/aromatic N) is 3. The highest BCUT2D eigenvalue weighted by Gasteiger charge is 2.79. The lowest BCUT2D eigenvalue weighted by molar-refractivity contribution is -0.150. The third-order valence-corrected chi connectivity index (χ3v) is 7.45. The molecule has 152 valence electrons. The minimum absolute atomic E-state index is 0.108. The number of nitriles is 1. The largest absolute Gasteiger partial charge is 0.465 e. The number of carbonyl (C=O) groups excluding carboxylic acids is 1. The molecule has 9 heteroatoms. The van der Waals surface area contributed by atoms with E-state index in [0.717, 1.165) is 0 Å². The van der Waals surface area contributed by atoms with Gasteiger partial charge in [0.25, 0.3) is 0 Å². The molecule has 0 aromatic heterocycles. The Morgan fingerprint density at radius 2 is 2.24 bits per heavy atom. The zero-order chi connectivity index (χ0) is 20.7. The predicted molar refractivity (Wildman–Crippen MR) is 101 cm³/mol. The summed E-state index contributed by atoms with van der Waals surface area (Å²) in [6, 6.07) is 6.57. The molecule has 5 rings (SSSR count). The molecule has 1 spiro atoms. The summed E-state index contributed by atoms with van der Waals surface area (Å²) in [5.74, 6) is -0.798. The summed E-state index contributed by atoms with van der Waals surface area (Å²) in [7, 11) is 1.56. The average Bonchev–Trinajstić information content (AvgIpc) is 3.25. The Morgan fingerprint density at radius 3 is 2.90 bits per heavy atom. The number of benzene rings is 1. The molecule has 4 saturated heterocycles. The van der Waals surface area contributed by atoms with Crippen molar-refractivity contribution in [2.24, 2.45) is 11.8 Å². The highest BCUT2D eigenvalue weighted by Crippen LogP contribution is 2.66. The zero-order valence-electron chi connectivity index (χ0n) is 16.0. The van der Waals surface area contributed by atoms with E-state index in [9.17, 15) is 14.7 Å². The summed E-state index contributed by atoms with van der Waals surface area (Å²) in [6.07, 6.45) is -0.560. The molecule has 2 amide bonds. The maximum Gasteiger partial charge on any atom is 0.407 e. The summed E-state index contributed by atoms with van der Waals surface area (Å²) < 4.78 is 12.5. The molecule has 29 heavy (non-hydrogen) atoms. The van der Waals surface area contributed by atoms with Gasteiger partial charge in [0.1, 0.15) is 12.3 Å². The van der Waals surface area contributed by atoms with Crippen LogP contribution in [-0.2, 0) is 14.3 Å². The fraction of sp³-hybridized carbons (Fsp3) is 0.550. The van der Waals surface area contributed by atoms with Gasteiger partial charge in [-0.05, 0) is 25.1 Å². The van der Waals surface area contributed by atoms with E-state index in [-0.39, 0.29) is 22.9 Å². The van der Waals surface area contributed by atoms with E-state index in [1.165, 1.54) is 4.90 Å². The molecule has 0 radical (unpaired) electrons. The molecule has 4 fully saturated rings. The fourth-order valence-electron chi connectivity index (χ4n) is 6.02. The Hall–Kier alpha value is -2.34. The van der Waals surface area contributed by atoms with Gasteiger partial charge in [0, 0.05) is 25.6 Å². The van der Waals surface area contributed by atoms with Crippen LogP contribution in [0.1, 0.15) is 25.3 Å². The van der Waals surface area contributed by atoms with Crippen molar-refractivity contribution in [1.82, 2.24) is 4.90 Å². The number of carboxylic acid groups (broad SMARTS) is 1. The van der Waals surface area contributed by atoms with Gasteiger partial charge >= 0.3 is 6.09 Å². The van der Waals surface area contributed by atoms with Crippen LogP contribution in [0.15, 0.2) is 18.2 Å². The molecule has 1 unspecified atom stereocenters. The predicted octanol–water partition coefficient (Wildman–Crippen LogP) is 2.45. The van der Waals surface area contributed by atoms with Gasteiger partial charge in [-0.1, -0.05) is 11.6 Å². The second-order valence-electron chi connectivity index (χ2n) is 8.48. The minimum Gasteiger partial charge on any atom is -0.465 e. The summed E-state index contributed by atoms with van der Waals surface area (Å²) in [5.41, 5.74) is -0.605. The van der Waals surface area contributed by atoms with Gasteiger partial charge < -0.3 is 19.5 Å². The Balaban J connectivity index is 1.60. The number of anilines is 1. The maximum absolute atomic E-state index is 13.5. The lowest BCUT2D eigenvalue weighted by Crippen LogP contribution is -2.61. The molecule has 1 N–H and O–H groups in total. The molecule has 2 bridgehead atoms. The SMILES string of the molecule is CN(C(=O)O)[C@@H]1C[C@@]2(C)OC13CCO[C@H]1[C@@H]3[C@@H]2C(=O)N1c1ccc(C#N)c(Cl)c1. The summed E-state index contributed by atoms with van der Waals surface area (Å²) >= 11 is 6.21. The van der Waals surface area contributed by atoms with Crippen molar-refractivity contribution in [3.8, 4) is 6.07 Å². The zero-order valence-corrected chi connectivity index (χ0v) is 16.7. The molecule has 6 atom stereocenters.